The molecule has 3 rings (SSSR count). The summed E-state index contributed by atoms with van der Waals surface area (Å²) in [6, 6.07) is 8.54. The highest BCUT2D eigenvalue weighted by Gasteiger charge is 2.34. The van der Waals surface area contributed by atoms with E-state index in [0.29, 0.717) is 29.2 Å². The van der Waals surface area contributed by atoms with Crippen molar-refractivity contribution in [2.45, 2.75) is 58.8 Å². The molecule has 2 aromatic rings. The van der Waals surface area contributed by atoms with Crippen LogP contribution in [0.2, 0.25) is 0 Å². The smallest absolute Gasteiger partial charge is 0.255 e. The Morgan fingerprint density at radius 2 is 1.85 bits per heavy atom. The average molecular weight is 562 g/mol. The number of hydrogen-bond donors (Lipinski definition) is 4. The van der Waals surface area contributed by atoms with Crippen molar-refractivity contribution < 1.29 is 27.4 Å². The van der Waals surface area contributed by atoms with E-state index in [4.69, 9.17) is 25.8 Å². The number of nitrogens with two attached hydrogens (primary N) is 2. The van der Waals surface area contributed by atoms with Gasteiger partial charge in [-0.2, -0.15) is 0 Å². The Bertz CT molecular complexity index is 1380. The third-order valence-electron chi connectivity index (χ3n) is 6.12. The number of hydrazine groups is 1. The largest absolute Gasteiger partial charge is 0.492 e. The first-order chi connectivity index (χ1) is 17.9. The van der Waals surface area contributed by atoms with Gasteiger partial charge in [0.25, 0.3) is 5.91 Å². The van der Waals surface area contributed by atoms with Gasteiger partial charge in [0, 0.05) is 11.8 Å². The van der Waals surface area contributed by atoms with E-state index in [2.05, 4.69) is 10.0 Å². The van der Waals surface area contributed by atoms with Gasteiger partial charge in [-0.3, -0.25) is 14.5 Å². The lowest BCUT2D eigenvalue weighted by atomic mass is 9.86. The van der Waals surface area contributed by atoms with Crippen LogP contribution in [-0.2, 0) is 24.9 Å². The number of nitrogens with zero attached hydrogens (tertiary/aromatic N) is 1. The predicted octanol–water partition coefficient (Wildman–Crippen LogP) is 3.56. The number of anilines is 3. The number of aryl methyl sites for hydroxylation is 1. The quantitative estimate of drug-likeness (QED) is 0.279. The molecule has 1 fully saturated rings. The summed E-state index contributed by atoms with van der Waals surface area (Å²) in [4.78, 5) is 13.4. The fourth-order valence-corrected chi connectivity index (χ4v) is 4.59. The molecule has 0 spiro atoms. The van der Waals surface area contributed by atoms with Gasteiger partial charge < -0.3 is 25.3 Å². The minimum absolute atomic E-state index is 0.187. The highest BCUT2D eigenvalue weighted by Crippen LogP contribution is 2.39. The normalized spacial score (nSPS) is 17.6. The van der Waals surface area contributed by atoms with Gasteiger partial charge >= 0.3 is 0 Å². The molecule has 0 saturated carbocycles. The molecule has 6 N–H and O–H groups in total. The van der Waals surface area contributed by atoms with Crippen molar-refractivity contribution in [2.75, 3.05) is 35.0 Å². The van der Waals surface area contributed by atoms with Crippen LogP contribution in [0.1, 0.15) is 56.1 Å². The summed E-state index contributed by atoms with van der Waals surface area (Å²) in [7, 11) is -2.20. The van der Waals surface area contributed by atoms with Gasteiger partial charge in [-0.25, -0.2) is 14.3 Å². The molecule has 1 saturated heterocycles. The van der Waals surface area contributed by atoms with Crippen LogP contribution in [0.4, 0.5) is 17.1 Å². The predicted molar refractivity (Wildman–Crippen MR) is 153 cm³/mol. The van der Waals surface area contributed by atoms with Gasteiger partial charge in [0.2, 0.25) is 10.0 Å². The van der Waals surface area contributed by atoms with Crippen LogP contribution in [0.15, 0.2) is 42.2 Å². The lowest BCUT2D eigenvalue weighted by Gasteiger charge is -2.24. The summed E-state index contributed by atoms with van der Waals surface area (Å²) in [5.41, 5.74) is 9.29. The molecule has 1 unspecified atom stereocenters. The molecule has 39 heavy (non-hydrogen) atoms. The van der Waals surface area contributed by atoms with Crippen molar-refractivity contribution in [3.8, 4) is 5.75 Å². The molecule has 0 bridgehead atoms. The van der Waals surface area contributed by atoms with Crippen molar-refractivity contribution in [1.82, 2.24) is 0 Å². The maximum Gasteiger partial charge on any atom is 0.255 e. The van der Waals surface area contributed by atoms with Crippen molar-refractivity contribution in [1.29, 1.82) is 0 Å². The van der Waals surface area contributed by atoms with Gasteiger partial charge in [-0.1, -0.05) is 26.8 Å². The van der Waals surface area contributed by atoms with E-state index in [0.717, 1.165) is 17.4 Å². The van der Waals surface area contributed by atoms with Crippen molar-refractivity contribution in [3.63, 3.8) is 0 Å². The van der Waals surface area contributed by atoms with Gasteiger partial charge in [0.05, 0.1) is 42.7 Å². The minimum Gasteiger partial charge on any atom is -0.492 e. The van der Waals surface area contributed by atoms with Crippen molar-refractivity contribution in [3.05, 3.63) is 58.9 Å². The van der Waals surface area contributed by atoms with Crippen LogP contribution in [0.5, 0.6) is 5.75 Å². The molecule has 0 aliphatic carbocycles. The maximum absolute atomic E-state index is 13.4. The molecular weight excluding hydrogens is 522 g/mol. The first kappa shape index (κ1) is 30.2. The molecule has 2 aromatic carbocycles. The van der Waals surface area contributed by atoms with Crippen LogP contribution in [0.3, 0.4) is 0 Å². The fourth-order valence-electron chi connectivity index (χ4n) is 4.04. The van der Waals surface area contributed by atoms with Gasteiger partial charge in [0.1, 0.15) is 6.10 Å². The molecule has 0 aromatic heterocycles. The van der Waals surface area contributed by atoms with E-state index in [1.54, 1.807) is 50.4 Å². The Morgan fingerprint density at radius 1 is 1.21 bits per heavy atom. The topological polar surface area (TPSA) is 158 Å². The molecule has 12 heteroatoms. The summed E-state index contributed by atoms with van der Waals surface area (Å²) >= 11 is 0. The number of methoxy groups -OCH3 is 1. The molecule has 1 aliphatic heterocycles. The standard InChI is InChI=1S/C27H39N5O6S/c1-16-9-10-17(11-22(16)32(29)14-19(28)23-15-37-27(5,6)38-23)25(33)30-20-12-18(26(2,3)4)13-21(24(20)36-7)31-39(8,34)35/h9-14,23,31H,15,28-29H2,1-8H3,(H,30,33). The third-order valence-corrected chi connectivity index (χ3v) is 6.71. The maximum atomic E-state index is 13.4. The first-order valence-electron chi connectivity index (χ1n) is 12.4. The second kappa shape index (κ2) is 11.0. The summed E-state index contributed by atoms with van der Waals surface area (Å²) in [5, 5.41) is 4.20. The number of carbonyl (C=O) groups excluding carboxylic acids is 1. The fraction of sp³-hybridized carbons (Fsp3) is 0.444. The molecule has 214 valence electrons. The molecule has 0 radical (unpaired) electrons. The van der Waals surface area contributed by atoms with Crippen LogP contribution in [0.25, 0.3) is 0 Å². The van der Waals surface area contributed by atoms with Crippen LogP contribution >= 0.6 is 0 Å². The lowest BCUT2D eigenvalue weighted by Crippen LogP contribution is -2.31. The zero-order valence-electron chi connectivity index (χ0n) is 23.7. The molecule has 1 atom stereocenters. The Kier molecular flexibility index (Phi) is 8.56. The van der Waals surface area contributed by atoms with E-state index in [9.17, 15) is 13.2 Å². The summed E-state index contributed by atoms with van der Waals surface area (Å²) in [6.45, 7) is 11.7. The number of sulfonamides is 1. The summed E-state index contributed by atoms with van der Waals surface area (Å²) < 4.78 is 43.4. The van der Waals surface area contributed by atoms with E-state index in [-0.39, 0.29) is 16.9 Å². The van der Waals surface area contributed by atoms with E-state index in [1.165, 1.54) is 12.1 Å². The van der Waals surface area contributed by atoms with Crippen LogP contribution in [0, 0.1) is 6.92 Å². The molecule has 1 amide bonds. The molecule has 1 heterocycles. The van der Waals surface area contributed by atoms with Gasteiger partial charge in [0.15, 0.2) is 11.5 Å². The molecule has 1 aliphatic rings. The number of carbonyl (C=O) groups is 1. The van der Waals surface area contributed by atoms with Crippen molar-refractivity contribution in [2.24, 2.45) is 11.6 Å². The Labute approximate surface area is 230 Å². The number of rotatable bonds is 8. The van der Waals surface area contributed by atoms with E-state index in [1.807, 2.05) is 27.7 Å². The first-order valence-corrected chi connectivity index (χ1v) is 14.2. The number of amides is 1. The zero-order valence-corrected chi connectivity index (χ0v) is 24.5. The Hall–Kier alpha value is -3.32. The second-order valence-corrected chi connectivity index (χ2v) is 12.8. The molecular formula is C27H39N5O6S. The van der Waals surface area contributed by atoms with Gasteiger partial charge in [-0.05, 0) is 61.6 Å². The van der Waals surface area contributed by atoms with E-state index >= 15 is 0 Å². The number of benzene rings is 2. The van der Waals surface area contributed by atoms with E-state index < -0.39 is 27.8 Å². The second-order valence-electron chi connectivity index (χ2n) is 11.0. The Morgan fingerprint density at radius 3 is 2.38 bits per heavy atom. The van der Waals surface area contributed by atoms with Crippen LogP contribution < -0.4 is 31.4 Å². The zero-order chi connectivity index (χ0) is 29.3. The third kappa shape index (κ3) is 7.63. The van der Waals surface area contributed by atoms with Crippen molar-refractivity contribution >= 4 is 33.0 Å². The number of ether oxygens (including phenoxy) is 3. The monoisotopic (exact) mass is 561 g/mol. The lowest BCUT2D eigenvalue weighted by molar-refractivity contribution is -0.134. The highest BCUT2D eigenvalue weighted by atomic mass is 32.2. The highest BCUT2D eigenvalue weighted by molar-refractivity contribution is 7.92. The van der Waals surface area contributed by atoms with Crippen LogP contribution in [-0.4, -0.2) is 46.2 Å². The molecule has 11 nitrogen and oxygen atoms in total. The average Bonchev–Trinajstić information content (AvgIpc) is 3.17. The summed E-state index contributed by atoms with van der Waals surface area (Å²) in [6.07, 6.45) is 2.14. The van der Waals surface area contributed by atoms with Gasteiger partial charge in [-0.15, -0.1) is 0 Å². The number of nitrogens with one attached hydrogen (secondary N) is 2. The SMILES string of the molecule is COc1c(NC(=O)c2ccc(C)c(N(N)C=C(N)C3COC(C)(C)O3)c2)cc(C(C)(C)C)cc1NS(C)(=O)=O. The Balaban J connectivity index is 1.94. The summed E-state index contributed by atoms with van der Waals surface area (Å²) in [5.74, 6) is 5.32. The minimum atomic E-state index is -3.61. The number of hydrogen-bond acceptors (Lipinski definition) is 9.